The molecule has 16 heavy (non-hydrogen) atoms. The molecule has 0 unspecified atom stereocenters. The molecule has 2 nitrogen and oxygen atoms in total. The van der Waals surface area contributed by atoms with Gasteiger partial charge < -0.3 is 0 Å². The molecule has 0 saturated carbocycles. The van der Waals surface area contributed by atoms with Gasteiger partial charge in [0.15, 0.2) is 0 Å². The second kappa shape index (κ2) is 4.34. The molecular formula is C12H8N2SSe. The third-order valence-electron chi connectivity index (χ3n) is 2.28. The SMILES string of the molecule is c1ccc(-c2nn[se]c2-c2cccs2)cc1. The van der Waals surface area contributed by atoms with Gasteiger partial charge in [0.05, 0.1) is 0 Å². The van der Waals surface area contributed by atoms with Crippen molar-refractivity contribution < 1.29 is 0 Å². The van der Waals surface area contributed by atoms with E-state index < -0.39 is 0 Å². The van der Waals surface area contributed by atoms with Gasteiger partial charge in [0.2, 0.25) is 0 Å². The Labute approximate surface area is 104 Å². The van der Waals surface area contributed by atoms with E-state index in [1.165, 1.54) is 9.31 Å². The maximum atomic E-state index is 4.28. The molecule has 3 rings (SSSR count). The Morgan fingerprint density at radius 2 is 1.88 bits per heavy atom. The molecule has 0 aliphatic heterocycles. The van der Waals surface area contributed by atoms with Crippen molar-refractivity contribution in [3.05, 3.63) is 47.8 Å². The van der Waals surface area contributed by atoms with Gasteiger partial charge >= 0.3 is 104 Å². The van der Waals surface area contributed by atoms with Crippen molar-refractivity contribution in [1.29, 1.82) is 0 Å². The zero-order valence-electron chi connectivity index (χ0n) is 8.33. The topological polar surface area (TPSA) is 25.8 Å². The van der Waals surface area contributed by atoms with Crippen LogP contribution in [0.15, 0.2) is 47.8 Å². The minimum absolute atomic E-state index is 0.135. The maximum absolute atomic E-state index is 4.28. The first-order chi connectivity index (χ1) is 7.95. The van der Waals surface area contributed by atoms with E-state index in [0.29, 0.717) is 0 Å². The molecule has 78 valence electrons. The van der Waals surface area contributed by atoms with E-state index in [-0.39, 0.29) is 14.7 Å². The second-order valence-corrected chi connectivity index (χ2v) is 5.82. The first-order valence-corrected chi connectivity index (χ1v) is 7.37. The molecule has 0 aliphatic rings. The standard InChI is InChI=1S/C12H8N2SSe/c1-2-5-9(6-3-1)11-12(16-14-13-11)10-7-4-8-15-10/h1-8H. The van der Waals surface area contributed by atoms with Crippen molar-refractivity contribution in [2.75, 3.05) is 0 Å². The van der Waals surface area contributed by atoms with Crippen LogP contribution in [0.5, 0.6) is 0 Å². The van der Waals surface area contributed by atoms with Gasteiger partial charge in [-0.25, -0.2) is 0 Å². The monoisotopic (exact) mass is 292 g/mol. The molecule has 0 spiro atoms. The van der Waals surface area contributed by atoms with Gasteiger partial charge in [-0.15, -0.1) is 0 Å². The summed E-state index contributed by atoms with van der Waals surface area (Å²) < 4.78 is 5.50. The van der Waals surface area contributed by atoms with Crippen LogP contribution in [0.4, 0.5) is 0 Å². The molecular weight excluding hydrogens is 283 g/mol. The predicted octanol–water partition coefficient (Wildman–Crippen LogP) is 2.93. The van der Waals surface area contributed by atoms with Crippen molar-refractivity contribution in [2.45, 2.75) is 0 Å². The number of benzene rings is 1. The average Bonchev–Trinajstić information content (AvgIpc) is 3.01. The Morgan fingerprint density at radius 3 is 2.62 bits per heavy atom. The number of hydrogen-bond donors (Lipinski definition) is 0. The third-order valence-corrected chi connectivity index (χ3v) is 5.05. The van der Waals surface area contributed by atoms with Crippen LogP contribution in [0.25, 0.3) is 20.6 Å². The summed E-state index contributed by atoms with van der Waals surface area (Å²) in [4.78, 5) is 1.30. The summed E-state index contributed by atoms with van der Waals surface area (Å²) in [6.07, 6.45) is 0. The molecule has 0 atom stereocenters. The Hall–Kier alpha value is -1.22. The molecule has 4 heteroatoms. The summed E-state index contributed by atoms with van der Waals surface area (Å²) >= 11 is 1.89. The fourth-order valence-corrected chi connectivity index (χ4v) is 3.98. The molecule has 0 aliphatic carbocycles. The van der Waals surface area contributed by atoms with Crippen molar-refractivity contribution >= 4 is 26.1 Å². The Bertz CT molecular complexity index is 572. The summed E-state index contributed by atoms with van der Waals surface area (Å²) in [5, 5.41) is 6.38. The van der Waals surface area contributed by atoms with Gasteiger partial charge in [0, 0.05) is 0 Å². The minimum atomic E-state index is 0.135. The van der Waals surface area contributed by atoms with Crippen LogP contribution in [0.3, 0.4) is 0 Å². The van der Waals surface area contributed by atoms with Crippen molar-refractivity contribution in [3.8, 4) is 20.6 Å². The Kier molecular flexibility index (Phi) is 2.70. The van der Waals surface area contributed by atoms with E-state index in [1.807, 2.05) is 18.2 Å². The Balaban J connectivity index is 2.14. The van der Waals surface area contributed by atoms with E-state index in [4.69, 9.17) is 0 Å². The van der Waals surface area contributed by atoms with E-state index in [2.05, 4.69) is 38.8 Å². The summed E-state index contributed by atoms with van der Waals surface area (Å²) in [6, 6.07) is 14.5. The van der Waals surface area contributed by atoms with E-state index in [1.54, 1.807) is 11.3 Å². The molecule has 2 aromatic heterocycles. The zero-order valence-corrected chi connectivity index (χ0v) is 10.9. The molecule has 1 aromatic carbocycles. The molecule has 0 saturated heterocycles. The van der Waals surface area contributed by atoms with Gasteiger partial charge in [-0.1, -0.05) is 0 Å². The number of hydrogen-bond acceptors (Lipinski definition) is 3. The fraction of sp³-hybridized carbons (Fsp3) is 0. The number of nitrogens with zero attached hydrogens (tertiary/aromatic N) is 2. The number of aromatic nitrogens is 2. The van der Waals surface area contributed by atoms with Crippen molar-refractivity contribution in [2.24, 2.45) is 0 Å². The summed E-state index contributed by atoms with van der Waals surface area (Å²) in [6.45, 7) is 0. The molecule has 2 heterocycles. The quantitative estimate of drug-likeness (QED) is 0.678. The van der Waals surface area contributed by atoms with E-state index in [9.17, 15) is 0 Å². The predicted molar refractivity (Wildman–Crippen MR) is 67.7 cm³/mol. The first kappa shape index (κ1) is 9.97. The van der Waals surface area contributed by atoms with Crippen LogP contribution in [0.1, 0.15) is 0 Å². The van der Waals surface area contributed by atoms with Crippen molar-refractivity contribution in [1.82, 2.24) is 9.19 Å². The number of thiophene rings is 1. The summed E-state index contributed by atoms with van der Waals surface area (Å²) in [5.41, 5.74) is 2.21. The summed E-state index contributed by atoms with van der Waals surface area (Å²) in [7, 11) is 0. The zero-order chi connectivity index (χ0) is 10.8. The normalized spacial score (nSPS) is 10.5. The molecule has 3 aromatic rings. The van der Waals surface area contributed by atoms with Crippen LogP contribution in [0, 0.1) is 0 Å². The van der Waals surface area contributed by atoms with Crippen LogP contribution >= 0.6 is 11.3 Å². The second-order valence-electron chi connectivity index (χ2n) is 3.29. The van der Waals surface area contributed by atoms with Gasteiger partial charge in [0.25, 0.3) is 0 Å². The fourth-order valence-electron chi connectivity index (χ4n) is 1.55. The molecule has 0 radical (unpaired) electrons. The van der Waals surface area contributed by atoms with Crippen LogP contribution in [-0.2, 0) is 0 Å². The van der Waals surface area contributed by atoms with Crippen LogP contribution in [-0.4, -0.2) is 23.9 Å². The van der Waals surface area contributed by atoms with Crippen LogP contribution < -0.4 is 0 Å². The molecule has 0 bridgehead atoms. The molecule has 0 fully saturated rings. The van der Waals surface area contributed by atoms with Crippen molar-refractivity contribution in [3.63, 3.8) is 0 Å². The third kappa shape index (κ3) is 1.76. The van der Waals surface area contributed by atoms with Crippen LogP contribution in [0.2, 0.25) is 0 Å². The summed E-state index contributed by atoms with van der Waals surface area (Å²) in [5.74, 6) is 0. The van der Waals surface area contributed by atoms with Gasteiger partial charge in [-0.2, -0.15) is 0 Å². The van der Waals surface area contributed by atoms with Gasteiger partial charge in [0.1, 0.15) is 0 Å². The molecule has 0 amide bonds. The molecule has 0 N–H and O–H groups in total. The first-order valence-electron chi connectivity index (χ1n) is 4.87. The average molecular weight is 291 g/mol. The van der Waals surface area contributed by atoms with Gasteiger partial charge in [-0.05, 0) is 0 Å². The van der Waals surface area contributed by atoms with E-state index in [0.717, 1.165) is 11.3 Å². The number of rotatable bonds is 2. The van der Waals surface area contributed by atoms with E-state index >= 15 is 0 Å². The Morgan fingerprint density at radius 1 is 1.00 bits per heavy atom. The van der Waals surface area contributed by atoms with Gasteiger partial charge in [-0.3, -0.25) is 0 Å².